The Morgan fingerprint density at radius 1 is 1.30 bits per heavy atom. The summed E-state index contributed by atoms with van der Waals surface area (Å²) in [7, 11) is -1.80. The Bertz CT molecular complexity index is 447. The van der Waals surface area contributed by atoms with Crippen molar-refractivity contribution in [3.8, 4) is 0 Å². The summed E-state index contributed by atoms with van der Waals surface area (Å²) in [6.45, 7) is 5.18. The SMILES string of the molecule is CCS(=O)(=O)N(C)CC(=O)N1CCC2(CCNC2)CC1. The van der Waals surface area contributed by atoms with Crippen molar-refractivity contribution >= 4 is 15.9 Å². The minimum atomic E-state index is -3.28. The first-order chi connectivity index (χ1) is 9.38. The van der Waals surface area contributed by atoms with Crippen LogP contribution >= 0.6 is 0 Å². The number of sulfonamides is 1. The van der Waals surface area contributed by atoms with Crippen LogP contribution in [-0.4, -0.2) is 69.1 Å². The summed E-state index contributed by atoms with van der Waals surface area (Å²) in [4.78, 5) is 14.0. The lowest BCUT2D eigenvalue weighted by atomic mass is 9.78. The third-order valence-corrected chi connectivity index (χ3v) is 6.51. The van der Waals surface area contributed by atoms with Crippen molar-refractivity contribution in [1.82, 2.24) is 14.5 Å². The normalized spacial score (nSPS) is 22.6. The van der Waals surface area contributed by atoms with E-state index in [1.807, 2.05) is 4.90 Å². The standard InChI is InChI=1S/C13H25N3O3S/c1-3-20(18,19)15(2)10-12(17)16-8-5-13(6-9-16)4-7-14-11-13/h14H,3-11H2,1-2H3. The van der Waals surface area contributed by atoms with Crippen molar-refractivity contribution in [1.29, 1.82) is 0 Å². The largest absolute Gasteiger partial charge is 0.342 e. The van der Waals surface area contributed by atoms with Gasteiger partial charge in [0.05, 0.1) is 12.3 Å². The predicted molar refractivity (Wildman–Crippen MR) is 77.8 cm³/mol. The number of hydrogen-bond donors (Lipinski definition) is 1. The fraction of sp³-hybridized carbons (Fsp3) is 0.923. The number of hydrogen-bond acceptors (Lipinski definition) is 4. The van der Waals surface area contributed by atoms with Gasteiger partial charge in [0.1, 0.15) is 0 Å². The Kier molecular flexibility index (Phi) is 4.71. The highest BCUT2D eigenvalue weighted by atomic mass is 32.2. The van der Waals surface area contributed by atoms with Gasteiger partial charge in [-0.1, -0.05) is 0 Å². The van der Waals surface area contributed by atoms with Crippen molar-refractivity contribution in [3.63, 3.8) is 0 Å². The topological polar surface area (TPSA) is 69.7 Å². The summed E-state index contributed by atoms with van der Waals surface area (Å²) < 4.78 is 24.5. The molecular weight excluding hydrogens is 278 g/mol. The minimum Gasteiger partial charge on any atom is -0.342 e. The van der Waals surface area contributed by atoms with E-state index in [0.717, 1.165) is 43.3 Å². The first-order valence-electron chi connectivity index (χ1n) is 7.31. The molecular formula is C13H25N3O3S. The molecule has 0 aromatic heterocycles. The summed E-state index contributed by atoms with van der Waals surface area (Å²) in [6, 6.07) is 0. The van der Waals surface area contributed by atoms with Crippen LogP contribution in [-0.2, 0) is 14.8 Å². The quantitative estimate of drug-likeness (QED) is 0.785. The zero-order valence-electron chi connectivity index (χ0n) is 12.4. The Labute approximate surface area is 121 Å². The molecule has 0 aromatic carbocycles. The molecule has 1 spiro atoms. The molecule has 0 aromatic rings. The van der Waals surface area contributed by atoms with E-state index in [1.54, 1.807) is 6.92 Å². The van der Waals surface area contributed by atoms with Crippen molar-refractivity contribution in [2.75, 3.05) is 45.5 Å². The third kappa shape index (κ3) is 3.32. The van der Waals surface area contributed by atoms with Gasteiger partial charge in [-0.25, -0.2) is 8.42 Å². The second-order valence-corrected chi connectivity index (χ2v) is 8.33. The average molecular weight is 303 g/mol. The first kappa shape index (κ1) is 15.7. The average Bonchev–Trinajstić information content (AvgIpc) is 2.87. The van der Waals surface area contributed by atoms with Crippen LogP contribution in [0.5, 0.6) is 0 Å². The number of nitrogens with zero attached hydrogens (tertiary/aromatic N) is 2. The van der Waals surface area contributed by atoms with E-state index in [0.29, 0.717) is 5.41 Å². The van der Waals surface area contributed by atoms with Gasteiger partial charge >= 0.3 is 0 Å². The molecule has 0 bridgehead atoms. The van der Waals surface area contributed by atoms with E-state index in [-0.39, 0.29) is 18.2 Å². The van der Waals surface area contributed by atoms with Crippen LogP contribution in [0.4, 0.5) is 0 Å². The number of amides is 1. The fourth-order valence-corrected chi connectivity index (χ4v) is 3.81. The Morgan fingerprint density at radius 3 is 2.45 bits per heavy atom. The number of likely N-dealkylation sites (N-methyl/N-ethyl adjacent to an activating group) is 1. The molecule has 2 saturated heterocycles. The Hall–Kier alpha value is -0.660. The second kappa shape index (κ2) is 5.99. The lowest BCUT2D eigenvalue weighted by molar-refractivity contribution is -0.133. The number of rotatable bonds is 4. The van der Waals surface area contributed by atoms with Gasteiger partial charge in [-0.05, 0) is 38.1 Å². The molecule has 2 heterocycles. The summed E-state index contributed by atoms with van der Waals surface area (Å²) in [6.07, 6.45) is 3.24. The van der Waals surface area contributed by atoms with Crippen molar-refractivity contribution in [2.24, 2.45) is 5.41 Å². The monoisotopic (exact) mass is 303 g/mol. The van der Waals surface area contributed by atoms with Crippen molar-refractivity contribution in [3.05, 3.63) is 0 Å². The molecule has 0 aliphatic carbocycles. The van der Waals surface area contributed by atoms with Crippen LogP contribution < -0.4 is 5.32 Å². The van der Waals surface area contributed by atoms with Gasteiger partial charge in [-0.2, -0.15) is 4.31 Å². The molecule has 2 rings (SSSR count). The van der Waals surface area contributed by atoms with Gasteiger partial charge in [0.15, 0.2) is 0 Å². The van der Waals surface area contributed by atoms with Gasteiger partial charge in [-0.3, -0.25) is 4.79 Å². The molecule has 1 N–H and O–H groups in total. The molecule has 7 heteroatoms. The maximum absolute atomic E-state index is 12.2. The summed E-state index contributed by atoms with van der Waals surface area (Å²) >= 11 is 0. The van der Waals surface area contributed by atoms with E-state index in [2.05, 4.69) is 5.32 Å². The highest BCUT2D eigenvalue weighted by molar-refractivity contribution is 7.89. The van der Waals surface area contributed by atoms with Crippen LogP contribution in [0, 0.1) is 5.41 Å². The maximum Gasteiger partial charge on any atom is 0.237 e. The lowest BCUT2D eigenvalue weighted by Gasteiger charge is -2.39. The smallest absolute Gasteiger partial charge is 0.237 e. The van der Waals surface area contributed by atoms with Gasteiger partial charge in [0.25, 0.3) is 0 Å². The molecule has 6 nitrogen and oxygen atoms in total. The molecule has 0 radical (unpaired) electrons. The maximum atomic E-state index is 12.2. The van der Waals surface area contributed by atoms with Crippen molar-refractivity contribution in [2.45, 2.75) is 26.2 Å². The fourth-order valence-electron chi connectivity index (χ4n) is 3.06. The number of nitrogens with one attached hydrogen (secondary N) is 1. The van der Waals surface area contributed by atoms with Crippen LogP contribution in [0.15, 0.2) is 0 Å². The first-order valence-corrected chi connectivity index (χ1v) is 8.92. The Morgan fingerprint density at radius 2 is 1.95 bits per heavy atom. The summed E-state index contributed by atoms with van der Waals surface area (Å²) in [5.41, 5.74) is 0.373. The highest BCUT2D eigenvalue weighted by Crippen LogP contribution is 2.36. The number of likely N-dealkylation sites (tertiary alicyclic amines) is 1. The van der Waals surface area contributed by atoms with E-state index in [9.17, 15) is 13.2 Å². The van der Waals surface area contributed by atoms with E-state index in [4.69, 9.17) is 0 Å². The molecule has 116 valence electrons. The van der Waals surface area contributed by atoms with Gasteiger partial charge < -0.3 is 10.2 Å². The predicted octanol–water partition coefficient (Wildman–Crippen LogP) is -0.130. The molecule has 2 fully saturated rings. The number of carbonyl (C=O) groups excluding carboxylic acids is 1. The molecule has 2 aliphatic rings. The lowest BCUT2D eigenvalue weighted by Crippen LogP contribution is -2.47. The Balaban J connectivity index is 1.86. The van der Waals surface area contributed by atoms with Crippen LogP contribution in [0.1, 0.15) is 26.2 Å². The molecule has 1 amide bonds. The summed E-state index contributed by atoms with van der Waals surface area (Å²) in [5, 5.41) is 3.40. The molecule has 2 aliphatic heterocycles. The van der Waals surface area contributed by atoms with Gasteiger partial charge in [0, 0.05) is 26.7 Å². The highest BCUT2D eigenvalue weighted by Gasteiger charge is 2.38. The van der Waals surface area contributed by atoms with Crippen LogP contribution in [0.3, 0.4) is 0 Å². The molecule has 0 saturated carbocycles. The molecule has 0 unspecified atom stereocenters. The second-order valence-electron chi connectivity index (χ2n) is 5.96. The molecule has 0 atom stereocenters. The third-order valence-electron chi connectivity index (χ3n) is 4.71. The number of carbonyl (C=O) groups is 1. The van der Waals surface area contributed by atoms with Gasteiger partial charge in [0.2, 0.25) is 15.9 Å². The zero-order valence-corrected chi connectivity index (χ0v) is 13.2. The zero-order chi connectivity index (χ0) is 14.8. The molecule has 20 heavy (non-hydrogen) atoms. The summed E-state index contributed by atoms with van der Waals surface area (Å²) in [5.74, 6) is -0.0451. The number of piperidine rings is 1. The van der Waals surface area contributed by atoms with Crippen molar-refractivity contribution < 1.29 is 13.2 Å². The van der Waals surface area contributed by atoms with E-state index >= 15 is 0 Å². The van der Waals surface area contributed by atoms with Gasteiger partial charge in [-0.15, -0.1) is 0 Å². The van der Waals surface area contributed by atoms with Crippen LogP contribution in [0.25, 0.3) is 0 Å². The van der Waals surface area contributed by atoms with E-state index < -0.39 is 10.0 Å². The van der Waals surface area contributed by atoms with E-state index in [1.165, 1.54) is 13.5 Å². The van der Waals surface area contributed by atoms with Crippen LogP contribution in [0.2, 0.25) is 0 Å². The minimum absolute atomic E-state index is 0.0333.